The van der Waals surface area contributed by atoms with E-state index < -0.39 is 0 Å². The van der Waals surface area contributed by atoms with Crippen LogP contribution < -0.4 is 11.1 Å². The van der Waals surface area contributed by atoms with Crippen LogP contribution in [0, 0.1) is 0 Å². The number of guanidine groups is 1. The van der Waals surface area contributed by atoms with Crippen molar-refractivity contribution in [2.75, 3.05) is 13.2 Å². The highest BCUT2D eigenvalue weighted by Crippen LogP contribution is 2.36. The topological polar surface area (TPSA) is 68.9 Å². The van der Waals surface area contributed by atoms with Crippen LogP contribution in [0.15, 0.2) is 4.99 Å². The van der Waals surface area contributed by atoms with Gasteiger partial charge in [-0.1, -0.05) is 32.1 Å². The van der Waals surface area contributed by atoms with Crippen LogP contribution in [-0.2, 0) is 9.47 Å². The van der Waals surface area contributed by atoms with E-state index in [1.807, 2.05) is 0 Å². The molecule has 3 N–H and O–H groups in total. The molecule has 0 aromatic carbocycles. The molecule has 5 heteroatoms. The van der Waals surface area contributed by atoms with E-state index in [4.69, 9.17) is 15.2 Å². The molecule has 0 bridgehead atoms. The average Bonchev–Trinajstić information content (AvgIpc) is 2.78. The van der Waals surface area contributed by atoms with Gasteiger partial charge < -0.3 is 20.5 Å². The number of ether oxygens (including phenoxy) is 2. The summed E-state index contributed by atoms with van der Waals surface area (Å²) < 4.78 is 12.2. The SMILES string of the molecule is NC(=NCC1COC2(CCCCCC2)O1)NC1CCCCC1. The quantitative estimate of drug-likeness (QED) is 0.621. The fourth-order valence-corrected chi connectivity index (χ4v) is 3.94. The first-order valence-corrected chi connectivity index (χ1v) is 9.14. The third-order valence-corrected chi connectivity index (χ3v) is 5.20. The molecule has 1 heterocycles. The number of aliphatic imine (C=N–C) groups is 1. The van der Waals surface area contributed by atoms with E-state index in [0.717, 1.165) is 12.8 Å². The van der Waals surface area contributed by atoms with E-state index in [1.54, 1.807) is 0 Å². The molecule has 1 spiro atoms. The predicted molar refractivity (Wildman–Crippen MR) is 87.8 cm³/mol. The lowest BCUT2D eigenvalue weighted by molar-refractivity contribution is -0.174. The summed E-state index contributed by atoms with van der Waals surface area (Å²) >= 11 is 0. The molecule has 5 nitrogen and oxygen atoms in total. The first kappa shape index (κ1) is 16.1. The lowest BCUT2D eigenvalue weighted by Gasteiger charge is -2.26. The minimum absolute atomic E-state index is 0.0600. The summed E-state index contributed by atoms with van der Waals surface area (Å²) in [5.41, 5.74) is 6.02. The summed E-state index contributed by atoms with van der Waals surface area (Å²) in [4.78, 5) is 4.48. The Hall–Kier alpha value is -0.810. The van der Waals surface area contributed by atoms with Gasteiger partial charge in [0.15, 0.2) is 11.7 Å². The molecule has 126 valence electrons. The number of hydrogen-bond donors (Lipinski definition) is 2. The van der Waals surface area contributed by atoms with Crippen molar-refractivity contribution >= 4 is 5.96 Å². The molecule has 1 atom stereocenters. The lowest BCUT2D eigenvalue weighted by atomic mass is 9.96. The molecule has 1 aliphatic heterocycles. The normalized spacial score (nSPS) is 30.4. The van der Waals surface area contributed by atoms with Crippen LogP contribution in [0.5, 0.6) is 0 Å². The Morgan fingerprint density at radius 3 is 2.45 bits per heavy atom. The fraction of sp³-hybridized carbons (Fsp3) is 0.941. The first-order chi connectivity index (χ1) is 10.8. The van der Waals surface area contributed by atoms with Gasteiger partial charge >= 0.3 is 0 Å². The van der Waals surface area contributed by atoms with Crippen LogP contribution in [0.1, 0.15) is 70.6 Å². The molecule has 0 aromatic rings. The molecule has 2 aliphatic carbocycles. The monoisotopic (exact) mass is 309 g/mol. The Labute approximate surface area is 134 Å². The van der Waals surface area contributed by atoms with Crippen molar-refractivity contribution in [3.05, 3.63) is 0 Å². The highest BCUT2D eigenvalue weighted by Gasteiger charge is 2.41. The van der Waals surface area contributed by atoms with Crippen LogP contribution >= 0.6 is 0 Å². The van der Waals surface area contributed by atoms with Crippen LogP contribution in [0.3, 0.4) is 0 Å². The number of nitrogens with zero attached hydrogens (tertiary/aromatic N) is 1. The zero-order chi connectivity index (χ0) is 15.3. The third kappa shape index (κ3) is 4.35. The maximum atomic E-state index is 6.20. The second kappa shape index (κ2) is 7.64. The minimum Gasteiger partial charge on any atom is -0.370 e. The van der Waals surface area contributed by atoms with Crippen molar-refractivity contribution in [2.45, 2.75) is 88.6 Å². The van der Waals surface area contributed by atoms with Gasteiger partial charge in [0.05, 0.1) is 13.2 Å². The van der Waals surface area contributed by atoms with Gasteiger partial charge in [-0.05, 0) is 25.7 Å². The summed E-state index contributed by atoms with van der Waals surface area (Å²) in [6.45, 7) is 1.26. The third-order valence-electron chi connectivity index (χ3n) is 5.20. The number of nitrogens with one attached hydrogen (secondary N) is 1. The van der Waals surface area contributed by atoms with Gasteiger partial charge in [-0.25, -0.2) is 0 Å². The fourth-order valence-electron chi connectivity index (χ4n) is 3.94. The summed E-state index contributed by atoms with van der Waals surface area (Å²) in [6, 6.07) is 0.506. The molecular weight excluding hydrogens is 278 g/mol. The van der Waals surface area contributed by atoms with Crippen LogP contribution in [0.2, 0.25) is 0 Å². The van der Waals surface area contributed by atoms with Crippen molar-refractivity contribution < 1.29 is 9.47 Å². The van der Waals surface area contributed by atoms with Gasteiger partial charge in [0.25, 0.3) is 0 Å². The number of hydrogen-bond acceptors (Lipinski definition) is 3. The van der Waals surface area contributed by atoms with Gasteiger partial charge in [-0.2, -0.15) is 0 Å². The van der Waals surface area contributed by atoms with Gasteiger partial charge in [0, 0.05) is 18.9 Å². The average molecular weight is 309 g/mol. The smallest absolute Gasteiger partial charge is 0.188 e. The van der Waals surface area contributed by atoms with Crippen molar-refractivity contribution in [3.8, 4) is 0 Å². The van der Waals surface area contributed by atoms with Crippen molar-refractivity contribution in [3.63, 3.8) is 0 Å². The highest BCUT2D eigenvalue weighted by molar-refractivity contribution is 5.78. The van der Waals surface area contributed by atoms with E-state index in [-0.39, 0.29) is 11.9 Å². The molecule has 22 heavy (non-hydrogen) atoms. The summed E-state index contributed by atoms with van der Waals surface area (Å²) in [5.74, 6) is 0.250. The molecule has 3 rings (SSSR count). The largest absolute Gasteiger partial charge is 0.370 e. The zero-order valence-corrected chi connectivity index (χ0v) is 13.7. The number of rotatable bonds is 3. The summed E-state index contributed by atoms with van der Waals surface area (Å²) in [6.07, 6.45) is 13.5. The number of nitrogens with two attached hydrogens (primary N) is 1. The van der Waals surface area contributed by atoms with E-state index >= 15 is 0 Å². The van der Waals surface area contributed by atoms with E-state index in [9.17, 15) is 0 Å². The van der Waals surface area contributed by atoms with Crippen LogP contribution in [0.25, 0.3) is 0 Å². The lowest BCUT2D eigenvalue weighted by Crippen LogP contribution is -2.41. The van der Waals surface area contributed by atoms with Crippen molar-refractivity contribution in [1.82, 2.24) is 5.32 Å². The molecule has 1 unspecified atom stereocenters. The van der Waals surface area contributed by atoms with Crippen LogP contribution in [-0.4, -0.2) is 37.0 Å². The Kier molecular flexibility index (Phi) is 5.58. The molecule has 0 radical (unpaired) electrons. The van der Waals surface area contributed by atoms with Gasteiger partial charge in [-0.3, -0.25) is 4.99 Å². The van der Waals surface area contributed by atoms with Crippen molar-refractivity contribution in [1.29, 1.82) is 0 Å². The van der Waals surface area contributed by atoms with Gasteiger partial charge in [-0.15, -0.1) is 0 Å². The predicted octanol–water partition coefficient (Wildman–Crippen LogP) is 2.69. The molecule has 1 saturated heterocycles. The second-order valence-corrected chi connectivity index (χ2v) is 7.08. The van der Waals surface area contributed by atoms with E-state index in [0.29, 0.717) is 25.2 Å². The summed E-state index contributed by atoms with van der Waals surface area (Å²) in [7, 11) is 0. The maximum Gasteiger partial charge on any atom is 0.188 e. The van der Waals surface area contributed by atoms with E-state index in [2.05, 4.69) is 10.3 Å². The molecule has 3 aliphatic rings. The standard InChI is InChI=1S/C17H31N3O2/c18-16(20-14-8-4-3-5-9-14)19-12-15-13-21-17(22-15)10-6-1-2-7-11-17/h14-15H,1-13H2,(H3,18,19,20). The summed E-state index contributed by atoms with van der Waals surface area (Å²) in [5, 5.41) is 3.36. The molecular formula is C17H31N3O2. The van der Waals surface area contributed by atoms with Gasteiger partial charge in [0.1, 0.15) is 6.10 Å². The second-order valence-electron chi connectivity index (χ2n) is 7.08. The molecule has 3 fully saturated rings. The maximum absolute atomic E-state index is 6.20. The minimum atomic E-state index is -0.317. The Bertz CT molecular complexity index is 372. The van der Waals surface area contributed by atoms with Crippen LogP contribution in [0.4, 0.5) is 0 Å². The molecule has 2 saturated carbocycles. The van der Waals surface area contributed by atoms with E-state index in [1.165, 1.54) is 57.8 Å². The Balaban J connectivity index is 1.44. The molecule has 0 amide bonds. The zero-order valence-electron chi connectivity index (χ0n) is 13.7. The van der Waals surface area contributed by atoms with Gasteiger partial charge in [0.2, 0.25) is 0 Å². The van der Waals surface area contributed by atoms with Crippen molar-refractivity contribution in [2.24, 2.45) is 10.7 Å². The first-order valence-electron chi connectivity index (χ1n) is 9.14. The Morgan fingerprint density at radius 2 is 1.73 bits per heavy atom. The molecule has 0 aromatic heterocycles. The highest BCUT2D eigenvalue weighted by atomic mass is 16.7. The Morgan fingerprint density at radius 1 is 1.05 bits per heavy atom.